The van der Waals surface area contributed by atoms with Crippen LogP contribution in [0.25, 0.3) is 11.0 Å². The zero-order chi connectivity index (χ0) is 20.5. The maximum atomic E-state index is 12.5. The van der Waals surface area contributed by atoms with Gasteiger partial charge in [0.25, 0.3) is 11.8 Å². The first-order valence-electron chi connectivity index (χ1n) is 9.36. The van der Waals surface area contributed by atoms with Gasteiger partial charge in [-0.25, -0.2) is 4.98 Å². The average Bonchev–Trinajstić information content (AvgIpc) is 3.19. The fraction of sp³-hybridized carbons (Fsp3) is 0.238. The Morgan fingerprint density at radius 1 is 1.10 bits per heavy atom. The van der Waals surface area contributed by atoms with E-state index in [0.29, 0.717) is 11.1 Å². The van der Waals surface area contributed by atoms with Gasteiger partial charge in [0.05, 0.1) is 28.7 Å². The third kappa shape index (κ3) is 3.55. The van der Waals surface area contributed by atoms with E-state index < -0.39 is 0 Å². The van der Waals surface area contributed by atoms with Gasteiger partial charge < -0.3 is 9.88 Å². The highest BCUT2D eigenvalue weighted by Crippen LogP contribution is 2.26. The Labute approximate surface area is 175 Å². The second-order valence-corrected chi connectivity index (χ2v) is 7.66. The molecule has 0 saturated heterocycles. The van der Waals surface area contributed by atoms with Crippen molar-refractivity contribution >= 4 is 44.7 Å². The number of benzene rings is 2. The summed E-state index contributed by atoms with van der Waals surface area (Å²) in [6.45, 7) is 3.10. The monoisotopic (exact) mass is 454 g/mol. The standard InChI is InChI=1S/C21H19BrN4O3/c1-2-25-17-6-4-3-5-16(17)24-18(25)12-23-19(27)9-10-26-20(28)14-8-7-13(22)11-15(14)21(26)29/h3-8,11H,2,9-10,12H2,1H3,(H,23,27). The van der Waals surface area contributed by atoms with Crippen molar-refractivity contribution in [3.8, 4) is 0 Å². The summed E-state index contributed by atoms with van der Waals surface area (Å²) in [6.07, 6.45) is 0.0407. The van der Waals surface area contributed by atoms with Crippen LogP contribution in [0.2, 0.25) is 0 Å². The molecular formula is C21H19BrN4O3. The van der Waals surface area contributed by atoms with Gasteiger partial charge in [0, 0.05) is 24.0 Å². The van der Waals surface area contributed by atoms with E-state index in [-0.39, 0.29) is 37.2 Å². The van der Waals surface area contributed by atoms with E-state index in [9.17, 15) is 14.4 Å². The number of hydrogen-bond acceptors (Lipinski definition) is 4. The lowest BCUT2D eigenvalue weighted by molar-refractivity contribution is -0.121. The smallest absolute Gasteiger partial charge is 0.261 e. The Balaban J connectivity index is 1.38. The molecule has 0 bridgehead atoms. The number of rotatable bonds is 6. The number of hydrogen-bond donors (Lipinski definition) is 1. The summed E-state index contributed by atoms with van der Waals surface area (Å²) >= 11 is 3.31. The SMILES string of the molecule is CCn1c(CNC(=O)CCN2C(=O)c3ccc(Br)cc3C2=O)nc2ccccc21. The number of carbonyl (C=O) groups is 3. The van der Waals surface area contributed by atoms with Gasteiger partial charge in [0.1, 0.15) is 5.82 Å². The van der Waals surface area contributed by atoms with E-state index in [1.54, 1.807) is 18.2 Å². The molecule has 2 heterocycles. The molecule has 0 spiro atoms. The Bertz CT molecular complexity index is 1140. The summed E-state index contributed by atoms with van der Waals surface area (Å²) in [5, 5.41) is 2.84. The molecule has 7 nitrogen and oxygen atoms in total. The van der Waals surface area contributed by atoms with Crippen molar-refractivity contribution < 1.29 is 14.4 Å². The van der Waals surface area contributed by atoms with Gasteiger partial charge in [0.2, 0.25) is 5.91 Å². The van der Waals surface area contributed by atoms with Crippen LogP contribution in [0.3, 0.4) is 0 Å². The number of nitrogens with one attached hydrogen (secondary N) is 1. The van der Waals surface area contributed by atoms with Crippen molar-refractivity contribution in [3.63, 3.8) is 0 Å². The van der Waals surface area contributed by atoms with Crippen LogP contribution in [0.1, 0.15) is 39.9 Å². The second kappa shape index (κ2) is 7.79. The molecule has 0 atom stereocenters. The maximum absolute atomic E-state index is 12.5. The van der Waals surface area contributed by atoms with Crippen LogP contribution in [0.4, 0.5) is 0 Å². The van der Waals surface area contributed by atoms with Gasteiger partial charge in [-0.3, -0.25) is 19.3 Å². The Kier molecular flexibility index (Phi) is 5.19. The molecular weight excluding hydrogens is 436 g/mol. The summed E-state index contributed by atoms with van der Waals surface area (Å²) < 4.78 is 2.79. The fourth-order valence-electron chi connectivity index (χ4n) is 3.56. The molecule has 148 valence electrons. The lowest BCUT2D eigenvalue weighted by atomic mass is 10.1. The van der Waals surface area contributed by atoms with Gasteiger partial charge in [-0.1, -0.05) is 28.1 Å². The fourth-order valence-corrected chi connectivity index (χ4v) is 3.92. The summed E-state index contributed by atoms with van der Waals surface area (Å²) in [5.74, 6) is -0.199. The second-order valence-electron chi connectivity index (χ2n) is 6.74. The van der Waals surface area contributed by atoms with Crippen molar-refractivity contribution in [2.24, 2.45) is 0 Å². The number of aryl methyl sites for hydroxylation is 1. The van der Waals surface area contributed by atoms with Gasteiger partial charge in [-0.15, -0.1) is 0 Å². The van der Waals surface area contributed by atoms with Crippen LogP contribution in [0.15, 0.2) is 46.9 Å². The molecule has 1 aromatic heterocycles. The quantitative estimate of drug-likeness (QED) is 0.579. The van der Waals surface area contributed by atoms with E-state index in [1.807, 2.05) is 31.2 Å². The number of fused-ring (bicyclic) bond motifs is 2. The first-order chi connectivity index (χ1) is 14.0. The molecule has 0 aliphatic carbocycles. The van der Waals surface area contributed by atoms with E-state index >= 15 is 0 Å². The van der Waals surface area contributed by atoms with Crippen molar-refractivity contribution in [2.45, 2.75) is 26.4 Å². The number of aromatic nitrogens is 2. The Hall–Kier alpha value is -3.00. The predicted molar refractivity (Wildman–Crippen MR) is 111 cm³/mol. The number of nitrogens with zero attached hydrogens (tertiary/aromatic N) is 3. The van der Waals surface area contributed by atoms with Crippen LogP contribution in [0.5, 0.6) is 0 Å². The first-order valence-corrected chi connectivity index (χ1v) is 10.2. The van der Waals surface area contributed by atoms with Crippen molar-refractivity contribution in [2.75, 3.05) is 6.54 Å². The van der Waals surface area contributed by atoms with E-state index in [4.69, 9.17) is 0 Å². The van der Waals surface area contributed by atoms with Crippen molar-refractivity contribution in [1.82, 2.24) is 19.8 Å². The summed E-state index contributed by atoms with van der Waals surface area (Å²) in [4.78, 5) is 42.9. The highest BCUT2D eigenvalue weighted by atomic mass is 79.9. The van der Waals surface area contributed by atoms with Crippen LogP contribution < -0.4 is 5.32 Å². The Morgan fingerprint density at radius 3 is 2.66 bits per heavy atom. The lowest BCUT2D eigenvalue weighted by Gasteiger charge is -2.13. The molecule has 2 aromatic carbocycles. The number of halogens is 1. The van der Waals surface area contributed by atoms with Crippen LogP contribution in [-0.4, -0.2) is 38.7 Å². The normalized spacial score (nSPS) is 13.2. The van der Waals surface area contributed by atoms with Crippen molar-refractivity contribution in [1.29, 1.82) is 0 Å². The molecule has 4 rings (SSSR count). The predicted octanol–water partition coefficient (Wildman–Crippen LogP) is 3.12. The number of imidazole rings is 1. The van der Waals surface area contributed by atoms with Gasteiger partial charge in [-0.2, -0.15) is 0 Å². The van der Waals surface area contributed by atoms with Crippen molar-refractivity contribution in [3.05, 3.63) is 63.9 Å². The first kappa shape index (κ1) is 19.3. The number of amides is 3. The zero-order valence-corrected chi connectivity index (χ0v) is 17.4. The number of carbonyl (C=O) groups excluding carboxylic acids is 3. The van der Waals surface area contributed by atoms with Crippen LogP contribution in [-0.2, 0) is 17.9 Å². The molecule has 0 unspecified atom stereocenters. The van der Waals surface area contributed by atoms with Crippen LogP contribution in [0, 0.1) is 0 Å². The summed E-state index contributed by atoms with van der Waals surface area (Å²) in [7, 11) is 0. The molecule has 1 N–H and O–H groups in total. The van der Waals surface area contributed by atoms with Crippen LogP contribution >= 0.6 is 15.9 Å². The molecule has 3 aromatic rings. The largest absolute Gasteiger partial charge is 0.349 e. The summed E-state index contributed by atoms with van der Waals surface area (Å²) in [5.41, 5.74) is 2.64. The maximum Gasteiger partial charge on any atom is 0.261 e. The average molecular weight is 455 g/mol. The van der Waals surface area contributed by atoms with E-state index in [1.165, 1.54) is 0 Å². The van der Waals surface area contributed by atoms with E-state index in [2.05, 4.69) is 30.8 Å². The molecule has 8 heteroatoms. The minimum Gasteiger partial charge on any atom is -0.349 e. The van der Waals surface area contributed by atoms with E-state index in [0.717, 1.165) is 32.8 Å². The molecule has 1 aliphatic heterocycles. The van der Waals surface area contributed by atoms with Gasteiger partial charge >= 0.3 is 0 Å². The lowest BCUT2D eigenvalue weighted by Crippen LogP contribution is -2.34. The Morgan fingerprint density at radius 2 is 1.86 bits per heavy atom. The summed E-state index contributed by atoms with van der Waals surface area (Å²) in [6, 6.07) is 12.8. The minimum atomic E-state index is -0.369. The molecule has 3 amide bonds. The molecule has 0 saturated carbocycles. The third-order valence-electron chi connectivity index (χ3n) is 4.99. The molecule has 0 fully saturated rings. The van der Waals surface area contributed by atoms with Gasteiger partial charge in [-0.05, 0) is 37.3 Å². The highest BCUT2D eigenvalue weighted by Gasteiger charge is 2.35. The molecule has 29 heavy (non-hydrogen) atoms. The topological polar surface area (TPSA) is 84.3 Å². The molecule has 1 aliphatic rings. The molecule has 0 radical (unpaired) electrons. The number of imide groups is 1. The zero-order valence-electron chi connectivity index (χ0n) is 15.8. The third-order valence-corrected chi connectivity index (χ3v) is 5.48. The minimum absolute atomic E-state index is 0.0407. The highest BCUT2D eigenvalue weighted by molar-refractivity contribution is 9.10. The number of para-hydroxylation sites is 2. The van der Waals surface area contributed by atoms with Gasteiger partial charge in [0.15, 0.2) is 0 Å².